The van der Waals surface area contributed by atoms with E-state index in [1.807, 2.05) is 0 Å². The average molecular weight is 374 g/mol. The second kappa shape index (κ2) is 8.53. The highest BCUT2D eigenvalue weighted by atomic mass is 32.1. The molecule has 2 aromatic carbocycles. The largest absolute Gasteiger partial charge is 0.490 e. The number of nitrogens with zero attached hydrogens (tertiary/aromatic N) is 1. The first kappa shape index (κ1) is 18.0. The van der Waals surface area contributed by atoms with Crippen molar-refractivity contribution in [2.45, 2.75) is 12.8 Å². The number of rotatable bonds is 7. The molecule has 0 aliphatic rings. The van der Waals surface area contributed by atoms with E-state index in [1.54, 1.807) is 30.5 Å². The standard InChI is InChI=1S/C19H16F2N2O2S/c20-14-7-5-13(6-8-14)11-15-12-22-19(26-15)23-18(24)9-10-25-17-4-2-1-3-16(17)21/h1-8,12H,9-11H2,(H,22,23,24). The van der Waals surface area contributed by atoms with Crippen molar-refractivity contribution in [1.29, 1.82) is 0 Å². The van der Waals surface area contributed by atoms with Crippen LogP contribution in [0.1, 0.15) is 16.9 Å². The monoisotopic (exact) mass is 374 g/mol. The van der Waals surface area contributed by atoms with Crippen LogP contribution in [-0.2, 0) is 11.2 Å². The van der Waals surface area contributed by atoms with E-state index < -0.39 is 5.82 Å². The Morgan fingerprint density at radius 3 is 2.65 bits per heavy atom. The first-order valence-electron chi connectivity index (χ1n) is 7.96. The number of hydrogen-bond donors (Lipinski definition) is 1. The van der Waals surface area contributed by atoms with Crippen LogP contribution in [0.2, 0.25) is 0 Å². The summed E-state index contributed by atoms with van der Waals surface area (Å²) in [5.41, 5.74) is 0.964. The molecule has 1 amide bonds. The second-order valence-electron chi connectivity index (χ2n) is 5.51. The van der Waals surface area contributed by atoms with Crippen LogP contribution in [0.25, 0.3) is 0 Å². The maximum absolute atomic E-state index is 13.4. The molecule has 0 atom stereocenters. The van der Waals surface area contributed by atoms with Gasteiger partial charge < -0.3 is 10.1 Å². The van der Waals surface area contributed by atoms with Crippen LogP contribution in [0.15, 0.2) is 54.7 Å². The van der Waals surface area contributed by atoms with Gasteiger partial charge in [-0.25, -0.2) is 13.8 Å². The first-order valence-corrected chi connectivity index (χ1v) is 8.78. The maximum atomic E-state index is 13.4. The molecule has 0 fully saturated rings. The third-order valence-electron chi connectivity index (χ3n) is 3.51. The average Bonchev–Trinajstić information content (AvgIpc) is 3.05. The Labute approximate surface area is 153 Å². The molecule has 3 rings (SSSR count). The third kappa shape index (κ3) is 5.10. The van der Waals surface area contributed by atoms with Crippen molar-refractivity contribution in [1.82, 2.24) is 4.98 Å². The third-order valence-corrected chi connectivity index (χ3v) is 4.43. The quantitative estimate of drug-likeness (QED) is 0.666. The lowest BCUT2D eigenvalue weighted by Crippen LogP contribution is -2.15. The Bertz CT molecular complexity index is 881. The van der Waals surface area contributed by atoms with E-state index in [-0.39, 0.29) is 30.5 Å². The second-order valence-corrected chi connectivity index (χ2v) is 6.63. The maximum Gasteiger partial charge on any atom is 0.229 e. The van der Waals surface area contributed by atoms with Gasteiger partial charge in [0.25, 0.3) is 0 Å². The van der Waals surface area contributed by atoms with E-state index in [4.69, 9.17) is 4.74 Å². The Morgan fingerprint density at radius 2 is 1.88 bits per heavy atom. The summed E-state index contributed by atoms with van der Waals surface area (Å²) in [6, 6.07) is 12.3. The van der Waals surface area contributed by atoms with Crippen LogP contribution >= 0.6 is 11.3 Å². The number of aromatic nitrogens is 1. The number of thiazole rings is 1. The molecule has 1 aromatic heterocycles. The zero-order chi connectivity index (χ0) is 18.4. The Balaban J connectivity index is 1.46. The summed E-state index contributed by atoms with van der Waals surface area (Å²) in [5, 5.41) is 3.18. The van der Waals surface area contributed by atoms with Gasteiger partial charge >= 0.3 is 0 Å². The number of carbonyl (C=O) groups is 1. The highest BCUT2D eigenvalue weighted by Gasteiger charge is 2.09. The van der Waals surface area contributed by atoms with Gasteiger partial charge in [-0.05, 0) is 29.8 Å². The predicted octanol–water partition coefficient (Wildman–Crippen LogP) is 4.42. The number of nitrogens with one attached hydrogen (secondary N) is 1. The lowest BCUT2D eigenvalue weighted by Gasteiger charge is -2.06. The van der Waals surface area contributed by atoms with Gasteiger partial charge in [-0.2, -0.15) is 0 Å². The van der Waals surface area contributed by atoms with Gasteiger partial charge in [0.05, 0.1) is 13.0 Å². The molecule has 0 aliphatic heterocycles. The van der Waals surface area contributed by atoms with Crippen LogP contribution in [0.3, 0.4) is 0 Å². The van der Waals surface area contributed by atoms with Gasteiger partial charge in [0, 0.05) is 17.5 Å². The van der Waals surface area contributed by atoms with Gasteiger partial charge in [0.2, 0.25) is 5.91 Å². The van der Waals surface area contributed by atoms with Crippen LogP contribution < -0.4 is 10.1 Å². The molecule has 0 aliphatic carbocycles. The Morgan fingerprint density at radius 1 is 1.12 bits per heavy atom. The zero-order valence-electron chi connectivity index (χ0n) is 13.7. The molecule has 7 heteroatoms. The summed E-state index contributed by atoms with van der Waals surface area (Å²) in [5.74, 6) is -0.873. The van der Waals surface area contributed by atoms with E-state index in [0.29, 0.717) is 11.6 Å². The fourth-order valence-corrected chi connectivity index (χ4v) is 3.11. The fraction of sp³-hybridized carbons (Fsp3) is 0.158. The van der Waals surface area contributed by atoms with Crippen molar-refractivity contribution in [3.05, 3.63) is 76.8 Å². The summed E-state index contributed by atoms with van der Waals surface area (Å²) >= 11 is 1.35. The summed E-state index contributed by atoms with van der Waals surface area (Å²) < 4.78 is 31.6. The molecule has 0 saturated carbocycles. The Hall–Kier alpha value is -2.80. The molecule has 134 valence electrons. The first-order chi connectivity index (χ1) is 12.6. The normalized spacial score (nSPS) is 10.5. The van der Waals surface area contributed by atoms with E-state index in [9.17, 15) is 13.6 Å². The molecular weight excluding hydrogens is 358 g/mol. The number of para-hydroxylation sites is 1. The lowest BCUT2D eigenvalue weighted by molar-refractivity contribution is -0.116. The zero-order valence-corrected chi connectivity index (χ0v) is 14.6. The minimum Gasteiger partial charge on any atom is -0.490 e. The molecule has 0 unspecified atom stereocenters. The number of hydrogen-bond acceptors (Lipinski definition) is 4. The van der Waals surface area contributed by atoms with Gasteiger partial charge in [-0.15, -0.1) is 11.3 Å². The van der Waals surface area contributed by atoms with Gasteiger partial charge in [-0.3, -0.25) is 4.79 Å². The lowest BCUT2D eigenvalue weighted by atomic mass is 10.1. The summed E-state index contributed by atoms with van der Waals surface area (Å²) in [6.45, 7) is 0.0700. The number of amides is 1. The van der Waals surface area contributed by atoms with Crippen LogP contribution in [0.4, 0.5) is 13.9 Å². The number of carbonyl (C=O) groups excluding carboxylic acids is 1. The van der Waals surface area contributed by atoms with Crippen molar-refractivity contribution < 1.29 is 18.3 Å². The van der Waals surface area contributed by atoms with Gasteiger partial charge in [0.1, 0.15) is 5.82 Å². The molecule has 0 radical (unpaired) electrons. The number of anilines is 1. The molecular formula is C19H16F2N2O2S. The smallest absolute Gasteiger partial charge is 0.229 e. The highest BCUT2D eigenvalue weighted by Crippen LogP contribution is 2.21. The van der Waals surface area contributed by atoms with Crippen molar-refractivity contribution in [2.24, 2.45) is 0 Å². The van der Waals surface area contributed by atoms with E-state index in [0.717, 1.165) is 10.4 Å². The fourth-order valence-electron chi connectivity index (χ4n) is 2.25. The minimum atomic E-state index is -0.460. The molecule has 0 spiro atoms. The van der Waals surface area contributed by atoms with Crippen molar-refractivity contribution in [3.8, 4) is 5.75 Å². The van der Waals surface area contributed by atoms with Gasteiger partial charge in [-0.1, -0.05) is 24.3 Å². The molecule has 0 saturated heterocycles. The summed E-state index contributed by atoms with van der Waals surface area (Å²) in [7, 11) is 0. The van der Waals surface area contributed by atoms with Crippen molar-refractivity contribution in [3.63, 3.8) is 0 Å². The summed E-state index contributed by atoms with van der Waals surface area (Å²) in [6.07, 6.45) is 2.38. The summed E-state index contributed by atoms with van der Waals surface area (Å²) in [4.78, 5) is 17.0. The van der Waals surface area contributed by atoms with E-state index >= 15 is 0 Å². The highest BCUT2D eigenvalue weighted by molar-refractivity contribution is 7.15. The molecule has 1 heterocycles. The van der Waals surface area contributed by atoms with Crippen LogP contribution in [0, 0.1) is 11.6 Å². The van der Waals surface area contributed by atoms with E-state index in [1.165, 1.54) is 35.6 Å². The van der Waals surface area contributed by atoms with Crippen molar-refractivity contribution in [2.75, 3.05) is 11.9 Å². The number of benzene rings is 2. The molecule has 0 bridgehead atoms. The van der Waals surface area contributed by atoms with Crippen LogP contribution in [0.5, 0.6) is 5.75 Å². The van der Waals surface area contributed by atoms with Crippen molar-refractivity contribution >= 4 is 22.4 Å². The topological polar surface area (TPSA) is 51.2 Å². The van der Waals surface area contributed by atoms with Crippen LogP contribution in [-0.4, -0.2) is 17.5 Å². The molecule has 4 nitrogen and oxygen atoms in total. The molecule has 26 heavy (non-hydrogen) atoms. The minimum absolute atomic E-state index is 0.0700. The van der Waals surface area contributed by atoms with E-state index in [2.05, 4.69) is 10.3 Å². The molecule has 3 aromatic rings. The Kier molecular flexibility index (Phi) is 5.91. The number of ether oxygens (including phenoxy) is 1. The van der Waals surface area contributed by atoms with Gasteiger partial charge in [0.15, 0.2) is 16.7 Å². The predicted molar refractivity (Wildman–Crippen MR) is 96.5 cm³/mol. The SMILES string of the molecule is O=C(CCOc1ccccc1F)Nc1ncc(Cc2ccc(F)cc2)s1. The number of halogens is 2. The molecule has 1 N–H and O–H groups in total.